The summed E-state index contributed by atoms with van der Waals surface area (Å²) in [6.45, 7) is 6.12. The van der Waals surface area contributed by atoms with E-state index < -0.39 is 0 Å². The highest BCUT2D eigenvalue weighted by Crippen LogP contribution is 2.16. The van der Waals surface area contributed by atoms with Gasteiger partial charge in [0.15, 0.2) is 0 Å². The average molecular weight is 205 g/mol. The van der Waals surface area contributed by atoms with Crippen LogP contribution in [0.25, 0.3) is 0 Å². The van der Waals surface area contributed by atoms with E-state index >= 15 is 0 Å². The minimum absolute atomic E-state index is 0.690. The molecule has 1 aliphatic heterocycles. The van der Waals surface area contributed by atoms with E-state index in [0.29, 0.717) is 5.92 Å². The third-order valence-electron chi connectivity index (χ3n) is 3.03. The smallest absolute Gasteiger partial charge is 0.0547 e. The van der Waals surface area contributed by atoms with Crippen LogP contribution < -0.4 is 5.73 Å². The van der Waals surface area contributed by atoms with Crippen molar-refractivity contribution in [2.24, 2.45) is 11.7 Å². The van der Waals surface area contributed by atoms with Gasteiger partial charge in [-0.15, -0.1) is 0 Å². The minimum atomic E-state index is 0.690. The number of likely N-dealkylation sites (tertiary alicyclic amines) is 1. The quantitative estimate of drug-likeness (QED) is 0.805. The highest BCUT2D eigenvalue weighted by molar-refractivity contribution is 5.09. The maximum atomic E-state index is 5.67. The van der Waals surface area contributed by atoms with Gasteiger partial charge in [-0.05, 0) is 44.5 Å². The number of pyridine rings is 1. The normalized spacial score (nSPS) is 22.1. The zero-order valence-corrected chi connectivity index (χ0v) is 9.32. The fourth-order valence-corrected chi connectivity index (χ4v) is 2.17. The molecule has 0 bridgehead atoms. The third kappa shape index (κ3) is 2.76. The molecule has 1 aliphatic rings. The first kappa shape index (κ1) is 10.6. The van der Waals surface area contributed by atoms with Crippen LogP contribution in [0.15, 0.2) is 18.2 Å². The molecule has 1 saturated heterocycles. The molecular weight excluding hydrogens is 186 g/mol. The zero-order valence-electron chi connectivity index (χ0n) is 9.32. The summed E-state index contributed by atoms with van der Waals surface area (Å²) in [5.74, 6) is 0.690. The van der Waals surface area contributed by atoms with Crippen LogP contribution in [0.1, 0.15) is 17.8 Å². The number of hydrogen-bond acceptors (Lipinski definition) is 3. The van der Waals surface area contributed by atoms with E-state index in [1.807, 2.05) is 13.0 Å². The molecule has 1 unspecified atom stereocenters. The fraction of sp³-hybridized carbons (Fsp3) is 0.583. The summed E-state index contributed by atoms with van der Waals surface area (Å²) in [5.41, 5.74) is 7.94. The van der Waals surface area contributed by atoms with Gasteiger partial charge in [0.25, 0.3) is 0 Å². The van der Waals surface area contributed by atoms with Gasteiger partial charge in [0, 0.05) is 18.8 Å². The molecule has 0 aliphatic carbocycles. The molecule has 1 atom stereocenters. The number of nitrogens with two attached hydrogens (primary N) is 1. The summed E-state index contributed by atoms with van der Waals surface area (Å²) >= 11 is 0. The van der Waals surface area contributed by atoms with Crippen molar-refractivity contribution in [1.82, 2.24) is 9.88 Å². The molecule has 1 aromatic rings. The van der Waals surface area contributed by atoms with Crippen LogP contribution in [0.4, 0.5) is 0 Å². The molecule has 82 valence electrons. The molecule has 15 heavy (non-hydrogen) atoms. The summed E-state index contributed by atoms with van der Waals surface area (Å²) in [4.78, 5) is 6.96. The lowest BCUT2D eigenvalue weighted by molar-refractivity contribution is 0.314. The van der Waals surface area contributed by atoms with Crippen molar-refractivity contribution >= 4 is 0 Å². The highest BCUT2D eigenvalue weighted by Gasteiger charge is 2.21. The molecule has 0 saturated carbocycles. The van der Waals surface area contributed by atoms with Crippen molar-refractivity contribution < 1.29 is 0 Å². The Morgan fingerprint density at radius 2 is 2.40 bits per heavy atom. The lowest BCUT2D eigenvalue weighted by Crippen LogP contribution is -2.23. The number of nitrogens with zero attached hydrogens (tertiary/aromatic N) is 2. The Kier molecular flexibility index (Phi) is 3.34. The Labute approximate surface area is 91.3 Å². The van der Waals surface area contributed by atoms with Gasteiger partial charge in [-0.25, -0.2) is 0 Å². The summed E-state index contributed by atoms with van der Waals surface area (Å²) in [6, 6.07) is 6.22. The highest BCUT2D eigenvalue weighted by atomic mass is 15.2. The summed E-state index contributed by atoms with van der Waals surface area (Å²) in [5, 5.41) is 0. The van der Waals surface area contributed by atoms with Gasteiger partial charge in [-0.1, -0.05) is 6.07 Å². The maximum absolute atomic E-state index is 5.67. The van der Waals surface area contributed by atoms with Gasteiger partial charge in [0.2, 0.25) is 0 Å². The van der Waals surface area contributed by atoms with Gasteiger partial charge in [-0.3, -0.25) is 9.88 Å². The van der Waals surface area contributed by atoms with E-state index in [-0.39, 0.29) is 0 Å². The first-order chi connectivity index (χ1) is 7.28. The number of aryl methyl sites for hydroxylation is 1. The summed E-state index contributed by atoms with van der Waals surface area (Å²) in [6.07, 6.45) is 1.24. The Hall–Kier alpha value is -0.930. The first-order valence-corrected chi connectivity index (χ1v) is 5.63. The largest absolute Gasteiger partial charge is 0.330 e. The van der Waals surface area contributed by atoms with Crippen molar-refractivity contribution in [3.05, 3.63) is 29.6 Å². The van der Waals surface area contributed by atoms with E-state index in [0.717, 1.165) is 31.9 Å². The van der Waals surface area contributed by atoms with Crippen LogP contribution in [0, 0.1) is 12.8 Å². The molecular formula is C12H19N3. The van der Waals surface area contributed by atoms with Crippen LogP contribution >= 0.6 is 0 Å². The van der Waals surface area contributed by atoms with Crippen molar-refractivity contribution in [3.8, 4) is 0 Å². The van der Waals surface area contributed by atoms with E-state index in [9.17, 15) is 0 Å². The molecule has 2 heterocycles. The molecule has 2 rings (SSSR count). The van der Waals surface area contributed by atoms with E-state index in [2.05, 4.69) is 22.0 Å². The van der Waals surface area contributed by atoms with Gasteiger partial charge < -0.3 is 5.73 Å². The Balaban J connectivity index is 1.92. The number of aromatic nitrogens is 1. The second-order valence-electron chi connectivity index (χ2n) is 4.40. The Morgan fingerprint density at radius 1 is 1.53 bits per heavy atom. The molecule has 0 radical (unpaired) electrons. The monoisotopic (exact) mass is 205 g/mol. The van der Waals surface area contributed by atoms with Gasteiger partial charge in [0.05, 0.1) is 5.69 Å². The molecule has 2 N–H and O–H groups in total. The molecule has 1 aromatic heterocycles. The van der Waals surface area contributed by atoms with Crippen LogP contribution in [0.5, 0.6) is 0 Å². The van der Waals surface area contributed by atoms with Gasteiger partial charge >= 0.3 is 0 Å². The van der Waals surface area contributed by atoms with Crippen molar-refractivity contribution in [2.45, 2.75) is 19.9 Å². The molecule has 3 nitrogen and oxygen atoms in total. The SMILES string of the molecule is Cc1cccc(CN2CCC(CN)C2)n1. The lowest BCUT2D eigenvalue weighted by Gasteiger charge is -2.15. The Morgan fingerprint density at radius 3 is 3.07 bits per heavy atom. The van der Waals surface area contributed by atoms with E-state index in [1.165, 1.54) is 12.1 Å². The fourth-order valence-electron chi connectivity index (χ4n) is 2.17. The van der Waals surface area contributed by atoms with E-state index in [1.54, 1.807) is 0 Å². The van der Waals surface area contributed by atoms with Crippen LogP contribution in [0.3, 0.4) is 0 Å². The second kappa shape index (κ2) is 4.73. The van der Waals surface area contributed by atoms with E-state index in [4.69, 9.17) is 5.73 Å². The third-order valence-corrected chi connectivity index (χ3v) is 3.03. The predicted octanol–water partition coefficient (Wildman–Crippen LogP) is 1.17. The molecule has 0 aromatic carbocycles. The van der Waals surface area contributed by atoms with Crippen LogP contribution in [-0.4, -0.2) is 29.5 Å². The van der Waals surface area contributed by atoms with Crippen LogP contribution in [0.2, 0.25) is 0 Å². The number of hydrogen-bond donors (Lipinski definition) is 1. The Bertz CT molecular complexity index is 324. The second-order valence-corrected chi connectivity index (χ2v) is 4.40. The molecule has 0 amide bonds. The summed E-state index contributed by atoms with van der Waals surface area (Å²) < 4.78 is 0. The van der Waals surface area contributed by atoms with Gasteiger partial charge in [0.1, 0.15) is 0 Å². The zero-order chi connectivity index (χ0) is 10.7. The average Bonchev–Trinajstić information content (AvgIpc) is 2.65. The first-order valence-electron chi connectivity index (χ1n) is 5.63. The van der Waals surface area contributed by atoms with Crippen molar-refractivity contribution in [3.63, 3.8) is 0 Å². The minimum Gasteiger partial charge on any atom is -0.330 e. The maximum Gasteiger partial charge on any atom is 0.0547 e. The predicted molar refractivity (Wildman–Crippen MR) is 61.4 cm³/mol. The number of rotatable bonds is 3. The van der Waals surface area contributed by atoms with Crippen molar-refractivity contribution in [2.75, 3.05) is 19.6 Å². The molecule has 1 fully saturated rings. The standard InChI is InChI=1S/C12H19N3/c1-10-3-2-4-12(14-10)9-15-6-5-11(7-13)8-15/h2-4,11H,5-9,13H2,1H3. The van der Waals surface area contributed by atoms with Gasteiger partial charge in [-0.2, -0.15) is 0 Å². The molecule has 3 heteroatoms. The van der Waals surface area contributed by atoms with Crippen molar-refractivity contribution in [1.29, 1.82) is 0 Å². The van der Waals surface area contributed by atoms with Crippen LogP contribution in [-0.2, 0) is 6.54 Å². The summed E-state index contributed by atoms with van der Waals surface area (Å²) in [7, 11) is 0. The topological polar surface area (TPSA) is 42.1 Å². The lowest BCUT2D eigenvalue weighted by atomic mass is 10.1. The molecule has 0 spiro atoms.